The van der Waals surface area contributed by atoms with E-state index in [1.165, 1.54) is 23.3 Å². The number of methoxy groups -OCH3 is 1. The summed E-state index contributed by atoms with van der Waals surface area (Å²) in [7, 11) is 1.31. The Balaban J connectivity index is 1.50. The summed E-state index contributed by atoms with van der Waals surface area (Å²) in [6, 6.07) is 1.45. The van der Waals surface area contributed by atoms with Crippen LogP contribution in [0, 0.1) is 0 Å². The van der Waals surface area contributed by atoms with E-state index in [1.54, 1.807) is 11.4 Å². The van der Waals surface area contributed by atoms with E-state index in [9.17, 15) is 18.0 Å². The number of carbonyl (C=O) groups excluding carboxylic acids is 1. The normalized spacial score (nSPS) is 19.0. The molecule has 168 valence electrons. The summed E-state index contributed by atoms with van der Waals surface area (Å²) >= 11 is 1.21. The van der Waals surface area contributed by atoms with Crippen molar-refractivity contribution >= 4 is 23.2 Å². The van der Waals surface area contributed by atoms with Crippen molar-refractivity contribution in [1.29, 1.82) is 0 Å². The number of aromatic nitrogens is 3. The van der Waals surface area contributed by atoms with Crippen molar-refractivity contribution in [2.24, 2.45) is 0 Å². The van der Waals surface area contributed by atoms with Crippen molar-refractivity contribution < 1.29 is 27.4 Å². The van der Waals surface area contributed by atoms with Crippen LogP contribution in [0.4, 0.5) is 23.8 Å². The number of amides is 1. The molecule has 1 aliphatic carbocycles. The van der Waals surface area contributed by atoms with Gasteiger partial charge in [0.25, 0.3) is 0 Å². The van der Waals surface area contributed by atoms with Gasteiger partial charge in [0.15, 0.2) is 10.8 Å². The Labute approximate surface area is 180 Å². The monoisotopic (exact) mass is 457 g/mol. The van der Waals surface area contributed by atoms with Gasteiger partial charge in [-0.3, -0.25) is 0 Å². The zero-order valence-corrected chi connectivity index (χ0v) is 17.6. The second kappa shape index (κ2) is 8.85. The molecule has 8 nitrogen and oxygen atoms in total. The molecule has 2 fully saturated rings. The molecule has 31 heavy (non-hydrogen) atoms. The smallest absolute Gasteiger partial charge is 0.409 e. The molecule has 1 N–H and O–H groups in total. The molecule has 2 aromatic heterocycles. The number of likely N-dealkylation sites (tertiary alicyclic amines) is 1. The molecule has 1 amide bonds. The number of nitrogens with zero attached hydrogens (tertiary/aromatic N) is 4. The number of halogens is 3. The van der Waals surface area contributed by atoms with Crippen LogP contribution in [0.5, 0.6) is 5.88 Å². The Morgan fingerprint density at radius 3 is 2.68 bits per heavy atom. The van der Waals surface area contributed by atoms with Crippen LogP contribution in [0.15, 0.2) is 11.4 Å². The molecule has 0 bridgehead atoms. The van der Waals surface area contributed by atoms with Crippen molar-refractivity contribution in [1.82, 2.24) is 19.9 Å². The molecule has 0 unspecified atom stereocenters. The van der Waals surface area contributed by atoms with E-state index in [0.717, 1.165) is 0 Å². The quantitative estimate of drug-likeness (QED) is 0.704. The molecule has 0 atom stereocenters. The average molecular weight is 457 g/mol. The Morgan fingerprint density at radius 2 is 2.03 bits per heavy atom. The third kappa shape index (κ3) is 5.17. The number of carbonyl (C=O) groups is 1. The SMILES string of the molecule is COC(=O)N1CC(Oc2cc(NC3CCC(F)(F)CC3)nc(-c3nc(CF)cs3)n2)C1. The fourth-order valence-electron chi connectivity index (χ4n) is 3.48. The molecule has 0 aromatic carbocycles. The molecule has 1 aliphatic heterocycles. The molecule has 1 saturated carbocycles. The van der Waals surface area contributed by atoms with Gasteiger partial charge in [-0.2, -0.15) is 4.98 Å². The van der Waals surface area contributed by atoms with Gasteiger partial charge < -0.3 is 19.7 Å². The fraction of sp³-hybridized carbons (Fsp3) is 0.579. The minimum atomic E-state index is -2.62. The number of thiazole rings is 1. The van der Waals surface area contributed by atoms with Crippen LogP contribution in [-0.2, 0) is 11.4 Å². The van der Waals surface area contributed by atoms with Crippen molar-refractivity contribution in [3.63, 3.8) is 0 Å². The Kier molecular flexibility index (Phi) is 6.17. The minimum Gasteiger partial charge on any atom is -0.470 e. The first-order valence-corrected chi connectivity index (χ1v) is 10.8. The molecule has 0 radical (unpaired) electrons. The van der Waals surface area contributed by atoms with Gasteiger partial charge in [-0.15, -0.1) is 11.3 Å². The summed E-state index contributed by atoms with van der Waals surface area (Å²) in [5, 5.41) is 5.21. The van der Waals surface area contributed by atoms with E-state index in [1.807, 2.05) is 0 Å². The van der Waals surface area contributed by atoms with Gasteiger partial charge in [0, 0.05) is 30.3 Å². The van der Waals surface area contributed by atoms with Crippen molar-refractivity contribution in [2.45, 2.75) is 50.4 Å². The van der Waals surface area contributed by atoms with Crippen LogP contribution in [0.25, 0.3) is 10.8 Å². The lowest BCUT2D eigenvalue weighted by Crippen LogP contribution is -2.56. The largest absolute Gasteiger partial charge is 0.470 e. The maximum atomic E-state index is 13.5. The number of hydrogen-bond donors (Lipinski definition) is 1. The lowest BCUT2D eigenvalue weighted by atomic mass is 9.92. The lowest BCUT2D eigenvalue weighted by molar-refractivity contribution is -0.0361. The third-order valence-corrected chi connectivity index (χ3v) is 6.11. The molecule has 1 saturated heterocycles. The second-order valence-electron chi connectivity index (χ2n) is 7.58. The van der Waals surface area contributed by atoms with Gasteiger partial charge >= 0.3 is 6.09 Å². The van der Waals surface area contributed by atoms with Crippen LogP contribution in [0.1, 0.15) is 31.4 Å². The highest BCUT2D eigenvalue weighted by Crippen LogP contribution is 2.35. The van der Waals surface area contributed by atoms with Crippen molar-refractivity contribution in [3.05, 3.63) is 17.1 Å². The molecular formula is C19H22F3N5O3S. The summed E-state index contributed by atoms with van der Waals surface area (Å²) in [5.74, 6) is -1.67. The second-order valence-corrected chi connectivity index (χ2v) is 8.44. The van der Waals surface area contributed by atoms with Crippen molar-refractivity contribution in [2.75, 3.05) is 25.5 Å². The van der Waals surface area contributed by atoms with Crippen LogP contribution in [0.2, 0.25) is 0 Å². The summed E-state index contributed by atoms with van der Waals surface area (Å²) in [5.41, 5.74) is 0.284. The molecule has 2 aliphatic rings. The standard InChI is InChI=1S/C19H22F3N5O3S/c1-29-18(28)27-8-13(9-27)30-15-6-14(23-11-2-4-19(21,22)5-3-11)25-16(26-15)17-24-12(7-20)10-31-17/h6,10-11,13H,2-5,7-9H2,1H3,(H,23,25,26). The molecule has 4 rings (SSSR count). The lowest BCUT2D eigenvalue weighted by Gasteiger charge is -2.37. The zero-order valence-electron chi connectivity index (χ0n) is 16.8. The first-order valence-electron chi connectivity index (χ1n) is 9.89. The van der Waals surface area contributed by atoms with Crippen molar-refractivity contribution in [3.8, 4) is 16.7 Å². The minimum absolute atomic E-state index is 0.147. The topological polar surface area (TPSA) is 89.5 Å². The average Bonchev–Trinajstić information content (AvgIpc) is 3.21. The van der Waals surface area contributed by atoms with Crippen LogP contribution < -0.4 is 10.1 Å². The van der Waals surface area contributed by atoms with Gasteiger partial charge in [-0.25, -0.2) is 27.9 Å². The molecular weight excluding hydrogens is 435 g/mol. The Hall–Kier alpha value is -2.63. The van der Waals surface area contributed by atoms with E-state index >= 15 is 0 Å². The zero-order chi connectivity index (χ0) is 22.0. The highest BCUT2D eigenvalue weighted by molar-refractivity contribution is 7.13. The Bertz CT molecular complexity index is 928. The van der Waals surface area contributed by atoms with Gasteiger partial charge in [0.2, 0.25) is 11.8 Å². The van der Waals surface area contributed by atoms with Gasteiger partial charge in [-0.1, -0.05) is 0 Å². The summed E-state index contributed by atoms with van der Waals surface area (Å²) in [4.78, 5) is 26.0. The molecule has 3 heterocycles. The summed E-state index contributed by atoms with van der Waals surface area (Å²) < 4.78 is 50.4. The Morgan fingerprint density at radius 1 is 1.29 bits per heavy atom. The van der Waals surface area contributed by atoms with Gasteiger partial charge in [0.1, 0.15) is 18.6 Å². The van der Waals surface area contributed by atoms with E-state index in [2.05, 4.69) is 25.0 Å². The fourth-order valence-corrected chi connectivity index (χ4v) is 4.21. The first-order chi connectivity index (χ1) is 14.8. The van der Waals surface area contributed by atoms with E-state index < -0.39 is 18.7 Å². The maximum Gasteiger partial charge on any atom is 0.409 e. The highest BCUT2D eigenvalue weighted by Gasteiger charge is 2.36. The maximum absolute atomic E-state index is 13.5. The number of ether oxygens (including phenoxy) is 2. The molecule has 0 spiro atoms. The number of anilines is 1. The highest BCUT2D eigenvalue weighted by atomic mass is 32.1. The molecule has 12 heteroatoms. The van der Waals surface area contributed by atoms with E-state index in [4.69, 9.17) is 4.74 Å². The first kappa shape index (κ1) is 21.6. The summed E-state index contributed by atoms with van der Waals surface area (Å²) in [6.07, 6.45) is -0.402. The van der Waals surface area contributed by atoms with Crippen LogP contribution in [-0.4, -0.2) is 64.2 Å². The predicted octanol–water partition coefficient (Wildman–Crippen LogP) is 3.89. The van der Waals surface area contributed by atoms with Crippen LogP contribution in [0.3, 0.4) is 0 Å². The number of rotatable bonds is 6. The number of hydrogen-bond acceptors (Lipinski definition) is 8. The van der Waals surface area contributed by atoms with Gasteiger partial charge in [-0.05, 0) is 12.8 Å². The predicted molar refractivity (Wildman–Crippen MR) is 107 cm³/mol. The van der Waals surface area contributed by atoms with E-state index in [-0.39, 0.29) is 42.4 Å². The summed E-state index contributed by atoms with van der Waals surface area (Å²) in [6.45, 7) is 0.0188. The van der Waals surface area contributed by atoms with E-state index in [0.29, 0.717) is 36.8 Å². The van der Waals surface area contributed by atoms with Crippen LogP contribution >= 0.6 is 11.3 Å². The van der Waals surface area contributed by atoms with Gasteiger partial charge in [0.05, 0.1) is 25.9 Å². The molecule has 2 aromatic rings. The number of alkyl halides is 3. The third-order valence-electron chi connectivity index (χ3n) is 5.22. The number of nitrogens with one attached hydrogen (secondary N) is 1.